The van der Waals surface area contributed by atoms with Crippen LogP contribution < -0.4 is 0 Å². The molecule has 0 amide bonds. The van der Waals surface area contributed by atoms with Gasteiger partial charge in [-0.15, -0.1) is 0 Å². The Balaban J connectivity index is 2.76. The van der Waals surface area contributed by atoms with Gasteiger partial charge >= 0.3 is 11.9 Å². The lowest BCUT2D eigenvalue weighted by molar-refractivity contribution is -0.138. The first-order chi connectivity index (χ1) is 9.54. The third-order valence-electron chi connectivity index (χ3n) is 3.41. The topological polar surface area (TPSA) is 81.3 Å². The van der Waals surface area contributed by atoms with Crippen LogP contribution in [0.15, 0.2) is 11.8 Å². The summed E-state index contributed by atoms with van der Waals surface area (Å²) in [6, 6.07) is 2.05. The molecule has 20 heavy (non-hydrogen) atoms. The fourth-order valence-electron chi connectivity index (χ4n) is 2.51. The van der Waals surface area contributed by atoms with E-state index in [9.17, 15) is 14.9 Å². The first kappa shape index (κ1) is 13.9. The minimum absolute atomic E-state index is 0.137. The van der Waals surface area contributed by atoms with Crippen molar-refractivity contribution in [1.29, 1.82) is 5.26 Å². The van der Waals surface area contributed by atoms with Crippen LogP contribution in [0.25, 0.3) is 5.57 Å². The number of nitrogens with zero attached hydrogens (tertiary/aromatic N) is 2. The van der Waals surface area contributed by atoms with E-state index < -0.39 is 11.9 Å². The highest BCUT2D eigenvalue weighted by atomic mass is 16.5. The van der Waals surface area contributed by atoms with E-state index in [1.807, 2.05) is 6.07 Å². The summed E-state index contributed by atoms with van der Waals surface area (Å²) < 4.78 is 11.3. The molecule has 6 heteroatoms. The molecular formula is C14H14N2O4. The highest BCUT2D eigenvalue weighted by molar-refractivity contribution is 6.24. The average molecular weight is 274 g/mol. The standard InChI is InChI=1S/C14H14N2O4/c1-16-7-8(6-15)11-10(16)5-4-9(13(17)19-2)12(11)14(18)20-3/h7H,4-5H2,1-3H3. The highest BCUT2D eigenvalue weighted by Gasteiger charge is 2.33. The maximum absolute atomic E-state index is 12.0. The number of nitriles is 1. The number of ether oxygens (including phenoxy) is 2. The molecular weight excluding hydrogens is 260 g/mol. The molecule has 1 aliphatic rings. The van der Waals surface area contributed by atoms with Gasteiger partial charge in [-0.3, -0.25) is 0 Å². The second-order valence-corrected chi connectivity index (χ2v) is 4.42. The van der Waals surface area contributed by atoms with E-state index in [1.165, 1.54) is 14.2 Å². The molecule has 0 bridgehead atoms. The molecule has 0 unspecified atom stereocenters. The van der Waals surface area contributed by atoms with E-state index in [4.69, 9.17) is 9.47 Å². The van der Waals surface area contributed by atoms with Crippen molar-refractivity contribution in [3.8, 4) is 6.07 Å². The van der Waals surface area contributed by atoms with Gasteiger partial charge in [0.25, 0.3) is 0 Å². The molecule has 0 atom stereocenters. The Kier molecular flexibility index (Phi) is 3.61. The molecule has 1 aromatic rings. The van der Waals surface area contributed by atoms with Crippen LogP contribution in [-0.2, 0) is 32.5 Å². The largest absolute Gasteiger partial charge is 0.466 e. The number of rotatable bonds is 2. The van der Waals surface area contributed by atoms with Crippen LogP contribution in [0, 0.1) is 11.3 Å². The summed E-state index contributed by atoms with van der Waals surface area (Å²) in [5.41, 5.74) is 2.07. The van der Waals surface area contributed by atoms with Crippen LogP contribution in [0.4, 0.5) is 0 Å². The molecule has 1 aliphatic carbocycles. The van der Waals surface area contributed by atoms with Gasteiger partial charge in [0.1, 0.15) is 6.07 Å². The number of methoxy groups -OCH3 is 2. The third kappa shape index (κ3) is 1.97. The lowest BCUT2D eigenvalue weighted by atomic mass is 9.87. The predicted octanol–water partition coefficient (Wildman–Crippen LogP) is 0.943. The molecule has 0 aliphatic heterocycles. The molecule has 104 valence electrons. The van der Waals surface area contributed by atoms with Gasteiger partial charge in [0.15, 0.2) is 0 Å². The van der Waals surface area contributed by atoms with Crippen molar-refractivity contribution < 1.29 is 19.1 Å². The predicted molar refractivity (Wildman–Crippen MR) is 69.4 cm³/mol. The molecule has 0 N–H and O–H groups in total. The highest BCUT2D eigenvalue weighted by Crippen LogP contribution is 2.35. The number of hydrogen-bond donors (Lipinski definition) is 0. The van der Waals surface area contributed by atoms with E-state index in [2.05, 4.69) is 0 Å². The Hall–Kier alpha value is -2.55. The van der Waals surface area contributed by atoms with Crippen molar-refractivity contribution >= 4 is 17.5 Å². The van der Waals surface area contributed by atoms with Gasteiger partial charge in [0.2, 0.25) is 0 Å². The van der Waals surface area contributed by atoms with Gasteiger partial charge in [-0.25, -0.2) is 9.59 Å². The van der Waals surface area contributed by atoms with E-state index in [-0.39, 0.29) is 11.1 Å². The number of carbonyl (C=O) groups is 2. The molecule has 6 nitrogen and oxygen atoms in total. The smallest absolute Gasteiger partial charge is 0.339 e. The SMILES string of the molecule is COC(=O)C1=C(C(=O)OC)c2c(C#N)cn(C)c2CC1. The molecule has 0 aromatic carbocycles. The van der Waals surface area contributed by atoms with Crippen molar-refractivity contribution in [3.05, 3.63) is 28.6 Å². The molecule has 1 heterocycles. The Morgan fingerprint density at radius 3 is 2.45 bits per heavy atom. The fraction of sp³-hybridized carbons (Fsp3) is 0.357. The maximum Gasteiger partial charge on any atom is 0.339 e. The summed E-state index contributed by atoms with van der Waals surface area (Å²) in [4.78, 5) is 23.9. The van der Waals surface area contributed by atoms with Crippen LogP contribution in [0.5, 0.6) is 0 Å². The Morgan fingerprint density at radius 1 is 1.25 bits per heavy atom. The van der Waals surface area contributed by atoms with Crippen LogP contribution >= 0.6 is 0 Å². The number of aryl methyl sites for hydroxylation is 1. The van der Waals surface area contributed by atoms with Crippen molar-refractivity contribution in [1.82, 2.24) is 4.57 Å². The van der Waals surface area contributed by atoms with Crippen molar-refractivity contribution in [2.75, 3.05) is 14.2 Å². The summed E-state index contributed by atoms with van der Waals surface area (Å²) in [6.07, 6.45) is 2.60. The molecule has 1 aromatic heterocycles. The number of aromatic nitrogens is 1. The molecule has 0 spiro atoms. The summed E-state index contributed by atoms with van der Waals surface area (Å²) in [5.74, 6) is -1.20. The normalized spacial score (nSPS) is 13.5. The lowest BCUT2D eigenvalue weighted by Gasteiger charge is -2.19. The Bertz CT molecular complexity index is 661. The fourth-order valence-corrected chi connectivity index (χ4v) is 2.51. The van der Waals surface area contributed by atoms with Gasteiger partial charge in [-0.05, 0) is 12.8 Å². The zero-order valence-corrected chi connectivity index (χ0v) is 11.5. The average Bonchev–Trinajstić information content (AvgIpc) is 2.81. The number of fused-ring (bicyclic) bond motifs is 1. The number of hydrogen-bond acceptors (Lipinski definition) is 5. The Morgan fingerprint density at radius 2 is 1.90 bits per heavy atom. The summed E-state index contributed by atoms with van der Waals surface area (Å²) in [5, 5.41) is 9.21. The van der Waals surface area contributed by atoms with Crippen molar-refractivity contribution in [2.45, 2.75) is 12.8 Å². The van der Waals surface area contributed by atoms with Gasteiger partial charge in [-0.2, -0.15) is 5.26 Å². The molecule has 0 fully saturated rings. The number of carbonyl (C=O) groups excluding carboxylic acids is 2. The van der Waals surface area contributed by atoms with Crippen LogP contribution in [0.1, 0.15) is 23.2 Å². The van der Waals surface area contributed by atoms with Crippen molar-refractivity contribution in [2.24, 2.45) is 7.05 Å². The zero-order chi connectivity index (χ0) is 14.9. The first-order valence-corrected chi connectivity index (χ1v) is 6.03. The van der Waals surface area contributed by atoms with Gasteiger partial charge in [-0.1, -0.05) is 0 Å². The second-order valence-electron chi connectivity index (χ2n) is 4.42. The lowest BCUT2D eigenvalue weighted by Crippen LogP contribution is -2.20. The van der Waals surface area contributed by atoms with Gasteiger partial charge in [0, 0.05) is 24.5 Å². The minimum atomic E-state index is -0.631. The summed E-state index contributed by atoms with van der Waals surface area (Å²) in [6.45, 7) is 0. The van der Waals surface area contributed by atoms with Crippen LogP contribution in [-0.4, -0.2) is 30.7 Å². The monoisotopic (exact) mass is 274 g/mol. The van der Waals surface area contributed by atoms with E-state index in [1.54, 1.807) is 17.8 Å². The van der Waals surface area contributed by atoms with E-state index in [0.717, 1.165) is 5.69 Å². The number of esters is 2. The zero-order valence-electron chi connectivity index (χ0n) is 11.5. The van der Waals surface area contributed by atoms with Crippen LogP contribution in [0.2, 0.25) is 0 Å². The molecule has 0 saturated heterocycles. The summed E-state index contributed by atoms with van der Waals surface area (Å²) in [7, 11) is 4.31. The summed E-state index contributed by atoms with van der Waals surface area (Å²) >= 11 is 0. The van der Waals surface area contributed by atoms with E-state index >= 15 is 0 Å². The van der Waals surface area contributed by atoms with Crippen molar-refractivity contribution in [3.63, 3.8) is 0 Å². The Labute approximate surface area is 116 Å². The molecule has 2 rings (SSSR count). The second kappa shape index (κ2) is 5.21. The minimum Gasteiger partial charge on any atom is -0.466 e. The molecule has 0 saturated carbocycles. The molecule has 0 radical (unpaired) electrons. The van der Waals surface area contributed by atoms with Gasteiger partial charge in [0.05, 0.1) is 30.9 Å². The maximum atomic E-state index is 12.0. The quantitative estimate of drug-likeness (QED) is 0.750. The third-order valence-corrected chi connectivity index (χ3v) is 3.41. The van der Waals surface area contributed by atoms with E-state index in [0.29, 0.717) is 24.0 Å². The van der Waals surface area contributed by atoms with Gasteiger partial charge < -0.3 is 14.0 Å². The van der Waals surface area contributed by atoms with Crippen LogP contribution in [0.3, 0.4) is 0 Å². The first-order valence-electron chi connectivity index (χ1n) is 6.03.